The number of rotatable bonds is 4. The van der Waals surface area contributed by atoms with Gasteiger partial charge < -0.3 is 16.2 Å². The van der Waals surface area contributed by atoms with Crippen LogP contribution in [0.4, 0.5) is 11.5 Å². The van der Waals surface area contributed by atoms with Crippen molar-refractivity contribution >= 4 is 11.5 Å². The molecule has 0 fully saturated rings. The maximum atomic E-state index is 10.00. The van der Waals surface area contributed by atoms with Crippen molar-refractivity contribution in [3.63, 3.8) is 0 Å². The zero-order chi connectivity index (χ0) is 13.0. The summed E-state index contributed by atoms with van der Waals surface area (Å²) in [5.41, 5.74) is 8.32. The first kappa shape index (κ1) is 12.4. The van der Waals surface area contributed by atoms with Crippen LogP contribution in [0.15, 0.2) is 42.6 Å². The van der Waals surface area contributed by atoms with Crippen LogP contribution in [-0.4, -0.2) is 16.6 Å². The Bertz CT molecular complexity index is 514. The molecule has 4 nitrogen and oxygen atoms in total. The highest BCUT2D eigenvalue weighted by atomic mass is 16.3. The van der Waals surface area contributed by atoms with Crippen LogP contribution in [0.2, 0.25) is 0 Å². The van der Waals surface area contributed by atoms with E-state index < -0.39 is 6.10 Å². The minimum Gasteiger partial charge on any atom is -0.396 e. The lowest BCUT2D eigenvalue weighted by atomic mass is 10.1. The number of hydrogen-bond donors (Lipinski definition) is 3. The van der Waals surface area contributed by atoms with Crippen molar-refractivity contribution in [2.24, 2.45) is 0 Å². The molecule has 0 amide bonds. The number of hydrogen-bond acceptors (Lipinski definition) is 4. The van der Waals surface area contributed by atoms with E-state index >= 15 is 0 Å². The summed E-state index contributed by atoms with van der Waals surface area (Å²) in [6, 6.07) is 11.3. The molecule has 1 heterocycles. The molecule has 2 aromatic rings. The van der Waals surface area contributed by atoms with Crippen LogP contribution < -0.4 is 11.1 Å². The first-order chi connectivity index (χ1) is 8.66. The molecule has 1 atom stereocenters. The number of nitrogens with one attached hydrogen (secondary N) is 1. The average Bonchev–Trinajstić information content (AvgIpc) is 2.38. The van der Waals surface area contributed by atoms with E-state index in [1.54, 1.807) is 6.20 Å². The summed E-state index contributed by atoms with van der Waals surface area (Å²) in [6.07, 6.45) is 1.17. The second-order valence-electron chi connectivity index (χ2n) is 4.26. The Hall–Kier alpha value is -2.07. The molecule has 2 rings (SSSR count). The van der Waals surface area contributed by atoms with Gasteiger partial charge in [0.05, 0.1) is 11.8 Å². The van der Waals surface area contributed by atoms with Crippen molar-refractivity contribution in [3.8, 4) is 0 Å². The van der Waals surface area contributed by atoms with Gasteiger partial charge in [0.25, 0.3) is 0 Å². The minimum atomic E-state index is -0.575. The van der Waals surface area contributed by atoms with Gasteiger partial charge in [0.15, 0.2) is 0 Å². The molecule has 0 aliphatic carbocycles. The summed E-state index contributed by atoms with van der Waals surface area (Å²) in [7, 11) is 0. The smallest absolute Gasteiger partial charge is 0.149 e. The summed E-state index contributed by atoms with van der Waals surface area (Å²) in [5, 5.41) is 13.0. The minimum absolute atomic E-state index is 0.379. The van der Waals surface area contributed by atoms with Gasteiger partial charge in [-0.15, -0.1) is 0 Å². The van der Waals surface area contributed by atoms with E-state index in [4.69, 9.17) is 5.73 Å². The molecule has 0 saturated carbocycles. The number of benzene rings is 1. The summed E-state index contributed by atoms with van der Waals surface area (Å²) in [5.74, 6) is 0.607. The molecular formula is C14H17N3O. The first-order valence-corrected chi connectivity index (χ1v) is 5.86. The van der Waals surface area contributed by atoms with Crippen LogP contribution in [0.25, 0.3) is 0 Å². The Morgan fingerprint density at radius 2 is 2.06 bits per heavy atom. The van der Waals surface area contributed by atoms with E-state index in [2.05, 4.69) is 10.3 Å². The molecule has 94 valence electrons. The zero-order valence-corrected chi connectivity index (χ0v) is 10.3. The lowest BCUT2D eigenvalue weighted by Gasteiger charge is -2.13. The number of aliphatic hydroxyl groups is 1. The maximum Gasteiger partial charge on any atom is 0.149 e. The summed E-state index contributed by atoms with van der Waals surface area (Å²) in [4.78, 5) is 4.20. The molecule has 4 N–H and O–H groups in total. The van der Waals surface area contributed by atoms with Crippen LogP contribution in [0.5, 0.6) is 0 Å². The van der Waals surface area contributed by atoms with Crippen LogP contribution in [0, 0.1) is 6.92 Å². The molecule has 0 aliphatic heterocycles. The molecule has 1 unspecified atom stereocenters. The van der Waals surface area contributed by atoms with Gasteiger partial charge in [-0.3, -0.25) is 0 Å². The van der Waals surface area contributed by atoms with Crippen molar-refractivity contribution in [1.82, 2.24) is 4.98 Å². The van der Waals surface area contributed by atoms with Crippen molar-refractivity contribution in [2.75, 3.05) is 17.6 Å². The highest BCUT2D eigenvalue weighted by Gasteiger charge is 2.08. The van der Waals surface area contributed by atoms with E-state index in [0.29, 0.717) is 18.1 Å². The lowest BCUT2D eigenvalue weighted by molar-refractivity contribution is 0.191. The fourth-order valence-corrected chi connectivity index (χ4v) is 1.73. The third-order valence-electron chi connectivity index (χ3n) is 2.70. The van der Waals surface area contributed by atoms with E-state index in [1.807, 2.05) is 43.3 Å². The van der Waals surface area contributed by atoms with Crippen molar-refractivity contribution in [1.29, 1.82) is 0 Å². The van der Waals surface area contributed by atoms with E-state index in [-0.39, 0.29) is 0 Å². The van der Waals surface area contributed by atoms with Gasteiger partial charge in [-0.25, -0.2) is 4.98 Å². The van der Waals surface area contributed by atoms with Gasteiger partial charge in [0.1, 0.15) is 5.82 Å². The molecule has 0 aliphatic rings. The van der Waals surface area contributed by atoms with Gasteiger partial charge >= 0.3 is 0 Å². The second kappa shape index (κ2) is 5.51. The predicted octanol–water partition coefficient (Wildman–Crippen LogP) is 2.12. The second-order valence-corrected chi connectivity index (χ2v) is 4.26. The largest absolute Gasteiger partial charge is 0.396 e. The van der Waals surface area contributed by atoms with Crippen molar-refractivity contribution in [2.45, 2.75) is 13.0 Å². The Balaban J connectivity index is 1.99. The molecule has 1 aromatic heterocycles. The summed E-state index contributed by atoms with van der Waals surface area (Å²) in [6.45, 7) is 2.32. The molecule has 18 heavy (non-hydrogen) atoms. The molecule has 0 radical (unpaired) electrons. The molecule has 1 aromatic carbocycles. The Morgan fingerprint density at radius 1 is 1.33 bits per heavy atom. The Labute approximate surface area is 106 Å². The van der Waals surface area contributed by atoms with E-state index in [1.165, 1.54) is 0 Å². The molecule has 0 spiro atoms. The maximum absolute atomic E-state index is 10.00. The van der Waals surface area contributed by atoms with Crippen LogP contribution in [0.1, 0.15) is 17.2 Å². The Kier molecular flexibility index (Phi) is 3.79. The van der Waals surface area contributed by atoms with Crippen LogP contribution in [0.3, 0.4) is 0 Å². The monoisotopic (exact) mass is 243 g/mol. The SMILES string of the molecule is Cc1cnc(NCC(O)c2ccccc2)c(N)c1. The van der Waals surface area contributed by atoms with Crippen molar-refractivity contribution in [3.05, 3.63) is 53.7 Å². The van der Waals surface area contributed by atoms with Crippen molar-refractivity contribution < 1.29 is 5.11 Å². The normalized spacial score (nSPS) is 12.1. The number of nitrogens with zero attached hydrogens (tertiary/aromatic N) is 1. The standard InChI is InChI=1S/C14H17N3O/c1-10-7-12(15)14(16-8-10)17-9-13(18)11-5-3-2-4-6-11/h2-8,13,18H,9,15H2,1H3,(H,16,17). The lowest BCUT2D eigenvalue weighted by Crippen LogP contribution is -2.14. The third-order valence-corrected chi connectivity index (χ3v) is 2.70. The van der Waals surface area contributed by atoms with Gasteiger partial charge in [-0.1, -0.05) is 30.3 Å². The summed E-state index contributed by atoms with van der Waals surface area (Å²) >= 11 is 0. The van der Waals surface area contributed by atoms with Crippen LogP contribution >= 0.6 is 0 Å². The molecule has 0 bridgehead atoms. The molecule has 0 saturated heterocycles. The average molecular weight is 243 g/mol. The predicted molar refractivity (Wildman–Crippen MR) is 73.3 cm³/mol. The van der Waals surface area contributed by atoms with E-state index in [0.717, 1.165) is 11.1 Å². The zero-order valence-electron chi connectivity index (χ0n) is 10.3. The topological polar surface area (TPSA) is 71.2 Å². The van der Waals surface area contributed by atoms with Gasteiger partial charge in [-0.05, 0) is 24.1 Å². The van der Waals surface area contributed by atoms with Gasteiger partial charge in [0.2, 0.25) is 0 Å². The van der Waals surface area contributed by atoms with Gasteiger partial charge in [-0.2, -0.15) is 0 Å². The quantitative estimate of drug-likeness (QED) is 0.769. The number of aliphatic hydroxyl groups excluding tert-OH is 1. The highest BCUT2D eigenvalue weighted by Crippen LogP contribution is 2.18. The summed E-state index contributed by atoms with van der Waals surface area (Å²) < 4.78 is 0. The fourth-order valence-electron chi connectivity index (χ4n) is 1.73. The van der Waals surface area contributed by atoms with Crippen LogP contribution in [-0.2, 0) is 0 Å². The molecule has 4 heteroatoms. The van der Waals surface area contributed by atoms with Gasteiger partial charge in [0, 0.05) is 12.7 Å². The van der Waals surface area contributed by atoms with E-state index in [9.17, 15) is 5.11 Å². The Morgan fingerprint density at radius 3 is 2.72 bits per heavy atom. The highest BCUT2D eigenvalue weighted by molar-refractivity contribution is 5.61. The number of anilines is 2. The number of aromatic nitrogens is 1. The number of aryl methyl sites for hydroxylation is 1. The first-order valence-electron chi connectivity index (χ1n) is 5.86. The fraction of sp³-hybridized carbons (Fsp3) is 0.214. The number of nitrogen functional groups attached to an aromatic ring is 1. The third kappa shape index (κ3) is 2.99. The molecular weight excluding hydrogens is 226 g/mol. The number of pyridine rings is 1. The number of nitrogens with two attached hydrogens (primary N) is 1.